The Hall–Kier alpha value is -1.90. The van der Waals surface area contributed by atoms with Crippen LogP contribution in [0.15, 0.2) is 0 Å². The predicted molar refractivity (Wildman–Crippen MR) is 136 cm³/mol. The molecule has 0 aromatic rings. The Morgan fingerprint density at radius 1 is 0.846 bits per heavy atom. The van der Waals surface area contributed by atoms with Gasteiger partial charge in [-0.1, -0.05) is 0 Å². The fourth-order valence-electron chi connectivity index (χ4n) is 3.38. The molecule has 226 valence electrons. The lowest BCUT2D eigenvalue weighted by Crippen LogP contribution is -2.50. The first-order valence-corrected chi connectivity index (χ1v) is 16.8. The molecule has 1 aliphatic carbocycles. The highest BCUT2D eigenvalue weighted by atomic mass is 31.2. The zero-order chi connectivity index (χ0) is 29.6. The lowest BCUT2D eigenvalue weighted by molar-refractivity contribution is -0.155. The first kappa shape index (κ1) is 35.1. The molecule has 0 saturated heterocycles. The van der Waals surface area contributed by atoms with Gasteiger partial charge in [0.05, 0.1) is 32.5 Å². The topological polar surface area (TPSA) is 236 Å². The van der Waals surface area contributed by atoms with Gasteiger partial charge >= 0.3 is 19.5 Å². The van der Waals surface area contributed by atoms with Gasteiger partial charge in [-0.3, -0.25) is 23.5 Å². The van der Waals surface area contributed by atoms with Gasteiger partial charge in [-0.25, -0.2) is 4.79 Å². The molecule has 0 radical (unpaired) electrons. The molecule has 39 heavy (non-hydrogen) atoms. The van der Waals surface area contributed by atoms with E-state index in [1.54, 1.807) is 0 Å². The van der Waals surface area contributed by atoms with Gasteiger partial charge in [0.25, 0.3) is 11.8 Å². The Kier molecular flexibility index (Phi) is 15.3. The third-order valence-electron chi connectivity index (χ3n) is 5.19. The number of esters is 1. The van der Waals surface area contributed by atoms with Gasteiger partial charge in [0.2, 0.25) is 0 Å². The highest BCUT2D eigenvalue weighted by Gasteiger charge is 2.30. The highest BCUT2D eigenvalue weighted by molar-refractivity contribution is 7.57. The van der Waals surface area contributed by atoms with Gasteiger partial charge < -0.3 is 49.6 Å². The van der Waals surface area contributed by atoms with E-state index in [-0.39, 0.29) is 39.0 Å². The average molecular weight is 603 g/mol. The molecule has 0 aliphatic heterocycles. The van der Waals surface area contributed by atoms with Crippen LogP contribution in [0.5, 0.6) is 0 Å². The largest absolute Gasteiger partial charge is 0.457 e. The first-order valence-electron chi connectivity index (χ1n) is 12.2. The molecule has 3 amide bonds. The minimum absolute atomic E-state index is 0.0309. The maximum atomic E-state index is 12.0. The van der Waals surface area contributed by atoms with Gasteiger partial charge in [0.15, 0.2) is 19.6 Å². The fourth-order valence-corrected chi connectivity index (χ4v) is 4.66. The summed E-state index contributed by atoms with van der Waals surface area (Å²) >= 11 is 0. The summed E-state index contributed by atoms with van der Waals surface area (Å²) in [6.45, 7) is 3.55. The van der Waals surface area contributed by atoms with E-state index in [4.69, 9.17) is 18.5 Å². The Morgan fingerprint density at radius 3 is 1.90 bits per heavy atom. The normalized spacial score (nSPS) is 20.7. The molecule has 1 rings (SSSR count). The molecule has 0 aromatic heterocycles. The van der Waals surface area contributed by atoms with Crippen molar-refractivity contribution in [2.75, 3.05) is 59.5 Å². The third kappa shape index (κ3) is 16.1. The number of aliphatic hydroxyl groups is 2. The average Bonchev–Trinajstić information content (AvgIpc) is 2.84. The van der Waals surface area contributed by atoms with Gasteiger partial charge in [0.1, 0.15) is 6.61 Å². The van der Waals surface area contributed by atoms with E-state index in [0.717, 1.165) is 6.66 Å². The second-order valence-electron chi connectivity index (χ2n) is 9.16. The van der Waals surface area contributed by atoms with E-state index >= 15 is 0 Å². The summed E-state index contributed by atoms with van der Waals surface area (Å²) in [5.74, 6) is -4.31. The molecule has 1 aliphatic rings. The standard InChI is InChI=1S/C21H39N3O13P2/c1-38(2,31)36-13-12-34-10-8-22-18(27)16(25)17(26)19(28)23-9-11-35-21(30)20(29)24-14-4-6-15(7-5-14)37-39(3,32)33/h14-17,25-26H,4-13H2,1-3H3,(H,22,27)(H,23,28)(H,24,29)(H,32,33)/t14?,15?,16-,17-/m1/s1. The van der Waals surface area contributed by atoms with Gasteiger partial charge in [-0.15, -0.1) is 0 Å². The van der Waals surface area contributed by atoms with Crippen molar-refractivity contribution < 1.29 is 61.9 Å². The molecule has 6 N–H and O–H groups in total. The van der Waals surface area contributed by atoms with Crippen LogP contribution in [-0.2, 0) is 46.8 Å². The fraction of sp³-hybridized carbons (Fsp3) is 0.810. The lowest BCUT2D eigenvalue weighted by Gasteiger charge is -2.29. The van der Waals surface area contributed by atoms with Crippen LogP contribution < -0.4 is 16.0 Å². The molecule has 0 aromatic carbocycles. The maximum Gasteiger partial charge on any atom is 0.396 e. The van der Waals surface area contributed by atoms with Crippen molar-refractivity contribution in [3.05, 3.63) is 0 Å². The van der Waals surface area contributed by atoms with Crippen molar-refractivity contribution in [2.24, 2.45) is 0 Å². The SMILES string of the molecule is CP(C)(=O)OCCOCCNC(=O)[C@H](O)[C@@H](O)C(=O)NCCOC(=O)C(=O)NC1CCC(OP(C)(=O)O)CC1. The van der Waals surface area contributed by atoms with Crippen molar-refractivity contribution >= 4 is 38.7 Å². The minimum Gasteiger partial charge on any atom is -0.457 e. The van der Waals surface area contributed by atoms with E-state index in [1.807, 2.05) is 0 Å². The van der Waals surface area contributed by atoms with Crippen molar-refractivity contribution in [1.29, 1.82) is 0 Å². The number of hydrogen-bond acceptors (Lipinski definition) is 12. The van der Waals surface area contributed by atoms with Crippen molar-refractivity contribution in [3.63, 3.8) is 0 Å². The number of amides is 3. The summed E-state index contributed by atoms with van der Waals surface area (Å²) in [6, 6.07) is -0.333. The number of rotatable bonds is 16. The second kappa shape index (κ2) is 17.0. The molecule has 0 spiro atoms. The van der Waals surface area contributed by atoms with Gasteiger partial charge in [-0.2, -0.15) is 0 Å². The van der Waals surface area contributed by atoms with Gasteiger partial charge in [0, 0.05) is 32.6 Å². The van der Waals surface area contributed by atoms with Crippen LogP contribution in [0.25, 0.3) is 0 Å². The van der Waals surface area contributed by atoms with E-state index < -0.39 is 63.6 Å². The van der Waals surface area contributed by atoms with Crippen LogP contribution >= 0.6 is 15.0 Å². The maximum absolute atomic E-state index is 12.0. The molecule has 1 unspecified atom stereocenters. The van der Waals surface area contributed by atoms with E-state index in [0.29, 0.717) is 25.7 Å². The van der Waals surface area contributed by atoms with Crippen LogP contribution in [-0.4, -0.2) is 123 Å². The lowest BCUT2D eigenvalue weighted by atomic mass is 9.93. The molecule has 1 saturated carbocycles. The van der Waals surface area contributed by atoms with E-state index in [9.17, 15) is 43.4 Å². The van der Waals surface area contributed by atoms with Crippen LogP contribution in [0.3, 0.4) is 0 Å². The number of aliphatic hydroxyl groups excluding tert-OH is 2. The first-order chi connectivity index (χ1) is 18.1. The zero-order valence-electron chi connectivity index (χ0n) is 22.2. The molecule has 0 heterocycles. The zero-order valence-corrected chi connectivity index (χ0v) is 24.0. The summed E-state index contributed by atoms with van der Waals surface area (Å²) in [6.07, 6.45) is -2.83. The number of ether oxygens (including phenoxy) is 2. The Bertz CT molecular complexity index is 915. The molecule has 3 atom stereocenters. The minimum atomic E-state index is -3.61. The molecule has 16 nitrogen and oxygen atoms in total. The van der Waals surface area contributed by atoms with Crippen LogP contribution in [0.1, 0.15) is 25.7 Å². The van der Waals surface area contributed by atoms with Crippen LogP contribution in [0, 0.1) is 0 Å². The molecule has 1 fully saturated rings. The predicted octanol–water partition coefficient (Wildman–Crippen LogP) is -1.69. The number of carbonyl (C=O) groups is 4. The van der Waals surface area contributed by atoms with E-state index in [2.05, 4.69) is 16.0 Å². The molecule has 0 bridgehead atoms. The number of hydrogen-bond donors (Lipinski definition) is 6. The monoisotopic (exact) mass is 603 g/mol. The van der Waals surface area contributed by atoms with Crippen LogP contribution in [0.4, 0.5) is 0 Å². The van der Waals surface area contributed by atoms with E-state index in [1.165, 1.54) is 13.3 Å². The number of nitrogens with one attached hydrogen (secondary N) is 3. The smallest absolute Gasteiger partial charge is 0.396 e. The quantitative estimate of drug-likeness (QED) is 0.0501. The molecule has 18 heteroatoms. The van der Waals surface area contributed by atoms with Crippen LogP contribution in [0.2, 0.25) is 0 Å². The summed E-state index contributed by atoms with van der Waals surface area (Å²) < 4.78 is 42.7. The summed E-state index contributed by atoms with van der Waals surface area (Å²) in [5, 5.41) is 26.6. The van der Waals surface area contributed by atoms with Crippen molar-refractivity contribution in [3.8, 4) is 0 Å². The van der Waals surface area contributed by atoms with Gasteiger partial charge in [-0.05, 0) is 25.7 Å². The third-order valence-corrected chi connectivity index (χ3v) is 6.68. The Labute approximate surface area is 226 Å². The highest BCUT2D eigenvalue weighted by Crippen LogP contribution is 2.41. The summed E-state index contributed by atoms with van der Waals surface area (Å²) in [7, 11) is -6.22. The van der Waals surface area contributed by atoms with Crippen molar-refractivity contribution in [2.45, 2.75) is 50.0 Å². The summed E-state index contributed by atoms with van der Waals surface area (Å²) in [4.78, 5) is 56.9. The van der Waals surface area contributed by atoms with Crippen molar-refractivity contribution in [1.82, 2.24) is 16.0 Å². The Balaban J connectivity index is 2.20. The second-order valence-corrected chi connectivity index (χ2v) is 13.7. The molecular formula is C21H39N3O13P2. The number of carbonyl (C=O) groups excluding carboxylic acids is 4. The molecular weight excluding hydrogens is 564 g/mol. The Morgan fingerprint density at radius 2 is 1.38 bits per heavy atom. The summed E-state index contributed by atoms with van der Waals surface area (Å²) in [5.41, 5.74) is 0.